The molecule has 0 fully saturated rings. The van der Waals surface area contributed by atoms with Crippen molar-refractivity contribution in [1.82, 2.24) is 5.32 Å². The maximum atomic E-state index is 11.7. The number of rotatable bonds is 4. The predicted octanol–water partition coefficient (Wildman–Crippen LogP) is 2.93. The fraction of sp³-hybridized carbons (Fsp3) is 0.188. The van der Waals surface area contributed by atoms with Crippen molar-refractivity contribution in [2.45, 2.75) is 13.5 Å². The second kappa shape index (κ2) is 6.05. The minimum absolute atomic E-state index is 0.139. The van der Waals surface area contributed by atoms with E-state index in [1.54, 1.807) is 13.1 Å². The van der Waals surface area contributed by atoms with Crippen LogP contribution in [0.3, 0.4) is 0 Å². The first-order valence-corrected chi connectivity index (χ1v) is 6.21. The second-order valence-corrected chi connectivity index (χ2v) is 4.29. The van der Waals surface area contributed by atoms with Gasteiger partial charge in [0.15, 0.2) is 0 Å². The van der Waals surface area contributed by atoms with Gasteiger partial charge in [-0.05, 0) is 30.2 Å². The van der Waals surface area contributed by atoms with E-state index in [0.29, 0.717) is 17.9 Å². The van der Waals surface area contributed by atoms with Crippen molar-refractivity contribution in [3.05, 3.63) is 65.2 Å². The highest BCUT2D eigenvalue weighted by molar-refractivity contribution is 5.96. The number of aryl methyl sites for hydroxylation is 1. The van der Waals surface area contributed by atoms with Gasteiger partial charge >= 0.3 is 0 Å². The molecule has 0 spiro atoms. The Morgan fingerprint density at radius 1 is 1.11 bits per heavy atom. The zero-order valence-electron chi connectivity index (χ0n) is 11.1. The Hall–Kier alpha value is -2.29. The van der Waals surface area contributed by atoms with Gasteiger partial charge in [-0.1, -0.05) is 36.4 Å². The molecule has 2 aromatic carbocycles. The Kier molecular flexibility index (Phi) is 4.18. The van der Waals surface area contributed by atoms with Gasteiger partial charge in [-0.3, -0.25) is 4.79 Å². The van der Waals surface area contributed by atoms with Crippen molar-refractivity contribution < 1.29 is 9.53 Å². The molecule has 0 unspecified atom stereocenters. The van der Waals surface area contributed by atoms with E-state index in [4.69, 9.17) is 4.74 Å². The van der Waals surface area contributed by atoms with Gasteiger partial charge in [-0.25, -0.2) is 0 Å². The van der Waals surface area contributed by atoms with E-state index >= 15 is 0 Å². The quantitative estimate of drug-likeness (QED) is 0.912. The smallest absolute Gasteiger partial charge is 0.254 e. The highest BCUT2D eigenvalue weighted by atomic mass is 16.5. The monoisotopic (exact) mass is 255 g/mol. The van der Waals surface area contributed by atoms with E-state index in [0.717, 1.165) is 5.56 Å². The lowest BCUT2D eigenvalue weighted by atomic mass is 10.1. The fourth-order valence-electron chi connectivity index (χ4n) is 1.84. The van der Waals surface area contributed by atoms with Gasteiger partial charge in [0.25, 0.3) is 5.91 Å². The molecule has 0 heterocycles. The third kappa shape index (κ3) is 3.13. The first kappa shape index (κ1) is 13.1. The summed E-state index contributed by atoms with van der Waals surface area (Å²) in [5.41, 5.74) is 2.85. The Balaban J connectivity index is 2.16. The van der Waals surface area contributed by atoms with Gasteiger partial charge in [0.2, 0.25) is 0 Å². The Morgan fingerprint density at radius 2 is 1.79 bits per heavy atom. The number of benzene rings is 2. The van der Waals surface area contributed by atoms with Crippen molar-refractivity contribution in [2.75, 3.05) is 7.05 Å². The Labute approximate surface area is 113 Å². The molecule has 19 heavy (non-hydrogen) atoms. The van der Waals surface area contributed by atoms with Gasteiger partial charge in [-0.15, -0.1) is 0 Å². The average molecular weight is 255 g/mol. The average Bonchev–Trinajstić information content (AvgIpc) is 2.46. The predicted molar refractivity (Wildman–Crippen MR) is 75.3 cm³/mol. The fourth-order valence-corrected chi connectivity index (χ4v) is 1.84. The molecule has 0 radical (unpaired) electrons. The summed E-state index contributed by atoms with van der Waals surface area (Å²) in [5.74, 6) is 0.463. The summed E-state index contributed by atoms with van der Waals surface area (Å²) in [6.45, 7) is 2.50. The van der Waals surface area contributed by atoms with E-state index < -0.39 is 0 Å². The maximum Gasteiger partial charge on any atom is 0.254 e. The normalized spacial score (nSPS) is 10.0. The molecule has 0 saturated heterocycles. The van der Waals surface area contributed by atoms with Crippen LogP contribution in [-0.4, -0.2) is 13.0 Å². The zero-order chi connectivity index (χ0) is 13.7. The lowest BCUT2D eigenvalue weighted by molar-refractivity contribution is 0.0958. The topological polar surface area (TPSA) is 38.3 Å². The molecule has 1 amide bonds. The van der Waals surface area contributed by atoms with E-state index in [-0.39, 0.29) is 5.91 Å². The summed E-state index contributed by atoms with van der Waals surface area (Å²) in [6.07, 6.45) is 0. The number of para-hydroxylation sites is 1. The summed E-state index contributed by atoms with van der Waals surface area (Å²) in [6, 6.07) is 15.3. The molecule has 0 aromatic heterocycles. The molecule has 0 aliphatic rings. The summed E-state index contributed by atoms with van der Waals surface area (Å²) in [7, 11) is 1.61. The van der Waals surface area contributed by atoms with Crippen LogP contribution < -0.4 is 10.1 Å². The molecule has 2 aromatic rings. The lowest BCUT2D eigenvalue weighted by Gasteiger charge is -2.11. The van der Waals surface area contributed by atoms with Crippen molar-refractivity contribution >= 4 is 5.91 Å². The standard InChI is InChI=1S/C16H17NO2/c1-12-7-3-4-8-13(12)11-19-15-10-6-5-9-14(15)16(18)17-2/h3-10H,11H2,1-2H3,(H,17,18). The number of nitrogens with one attached hydrogen (secondary N) is 1. The molecule has 0 bridgehead atoms. The molecule has 3 heteroatoms. The summed E-state index contributed by atoms with van der Waals surface area (Å²) in [5, 5.41) is 2.61. The van der Waals surface area contributed by atoms with Crippen LogP contribution in [0.4, 0.5) is 0 Å². The molecular weight excluding hydrogens is 238 g/mol. The first-order chi connectivity index (χ1) is 9.22. The van der Waals surface area contributed by atoms with Crippen molar-refractivity contribution in [1.29, 1.82) is 0 Å². The van der Waals surface area contributed by atoms with Gasteiger partial charge in [0.1, 0.15) is 12.4 Å². The van der Waals surface area contributed by atoms with Crippen LogP contribution in [-0.2, 0) is 6.61 Å². The van der Waals surface area contributed by atoms with E-state index in [1.165, 1.54) is 5.56 Å². The largest absolute Gasteiger partial charge is 0.488 e. The third-order valence-electron chi connectivity index (χ3n) is 3.00. The molecule has 0 aliphatic carbocycles. The van der Waals surface area contributed by atoms with E-state index in [1.807, 2.05) is 49.4 Å². The number of hydrogen-bond donors (Lipinski definition) is 1. The number of carbonyl (C=O) groups excluding carboxylic acids is 1. The number of ether oxygens (including phenoxy) is 1. The van der Waals surface area contributed by atoms with Gasteiger partial charge < -0.3 is 10.1 Å². The Morgan fingerprint density at radius 3 is 2.53 bits per heavy atom. The third-order valence-corrected chi connectivity index (χ3v) is 3.00. The SMILES string of the molecule is CNC(=O)c1ccccc1OCc1ccccc1C. The van der Waals surface area contributed by atoms with Gasteiger partial charge in [0.05, 0.1) is 5.56 Å². The zero-order valence-corrected chi connectivity index (χ0v) is 11.1. The Bertz CT molecular complexity index is 578. The molecule has 1 N–H and O–H groups in total. The number of carbonyl (C=O) groups is 1. The van der Waals surface area contributed by atoms with Crippen LogP contribution in [0.25, 0.3) is 0 Å². The second-order valence-electron chi connectivity index (χ2n) is 4.29. The van der Waals surface area contributed by atoms with E-state index in [9.17, 15) is 4.79 Å². The molecule has 0 atom stereocenters. The highest BCUT2D eigenvalue weighted by Crippen LogP contribution is 2.20. The van der Waals surface area contributed by atoms with Gasteiger partial charge in [0, 0.05) is 7.05 Å². The highest BCUT2D eigenvalue weighted by Gasteiger charge is 2.10. The molecule has 0 saturated carbocycles. The van der Waals surface area contributed by atoms with Crippen LogP contribution in [0.15, 0.2) is 48.5 Å². The molecular formula is C16H17NO2. The first-order valence-electron chi connectivity index (χ1n) is 6.21. The van der Waals surface area contributed by atoms with Crippen LogP contribution in [0.5, 0.6) is 5.75 Å². The van der Waals surface area contributed by atoms with Crippen molar-refractivity contribution in [2.24, 2.45) is 0 Å². The summed E-state index contributed by atoms with van der Waals surface area (Å²) < 4.78 is 5.77. The molecule has 0 aliphatic heterocycles. The van der Waals surface area contributed by atoms with Crippen LogP contribution in [0, 0.1) is 6.92 Å². The number of amides is 1. The molecule has 98 valence electrons. The minimum atomic E-state index is -0.139. The summed E-state index contributed by atoms with van der Waals surface area (Å²) in [4.78, 5) is 11.7. The maximum absolute atomic E-state index is 11.7. The minimum Gasteiger partial charge on any atom is -0.488 e. The lowest BCUT2D eigenvalue weighted by Crippen LogP contribution is -2.18. The van der Waals surface area contributed by atoms with Crippen LogP contribution >= 0.6 is 0 Å². The van der Waals surface area contributed by atoms with E-state index in [2.05, 4.69) is 5.32 Å². The van der Waals surface area contributed by atoms with Gasteiger partial charge in [-0.2, -0.15) is 0 Å². The molecule has 3 nitrogen and oxygen atoms in total. The van der Waals surface area contributed by atoms with Crippen molar-refractivity contribution in [3.8, 4) is 5.75 Å². The van der Waals surface area contributed by atoms with Crippen molar-refractivity contribution in [3.63, 3.8) is 0 Å². The molecule has 2 rings (SSSR count). The number of hydrogen-bond acceptors (Lipinski definition) is 2. The summed E-state index contributed by atoms with van der Waals surface area (Å²) >= 11 is 0. The van der Waals surface area contributed by atoms with Crippen LogP contribution in [0.1, 0.15) is 21.5 Å². The van der Waals surface area contributed by atoms with Crippen LogP contribution in [0.2, 0.25) is 0 Å².